The van der Waals surface area contributed by atoms with E-state index in [9.17, 15) is 13.6 Å². The van der Waals surface area contributed by atoms with Gasteiger partial charge in [-0.25, -0.2) is 13.8 Å². The number of nitrogens with zero attached hydrogens (tertiary/aromatic N) is 4. The van der Waals surface area contributed by atoms with Crippen LogP contribution in [0.3, 0.4) is 0 Å². The van der Waals surface area contributed by atoms with Crippen LogP contribution in [0.15, 0.2) is 41.3 Å². The molecular formula is C19H16F2N4O. The third-order valence-corrected chi connectivity index (χ3v) is 4.41. The number of hydrogen-bond acceptors (Lipinski definition) is 3. The van der Waals surface area contributed by atoms with Crippen LogP contribution in [0.5, 0.6) is 0 Å². The molecule has 5 nitrogen and oxygen atoms in total. The van der Waals surface area contributed by atoms with Crippen molar-refractivity contribution >= 4 is 21.9 Å². The Hall–Kier alpha value is -3.09. The molecule has 0 fully saturated rings. The lowest BCUT2D eigenvalue weighted by Crippen LogP contribution is -2.14. The summed E-state index contributed by atoms with van der Waals surface area (Å²) in [4.78, 5) is 17.3. The zero-order valence-corrected chi connectivity index (χ0v) is 14.3. The van der Waals surface area contributed by atoms with Gasteiger partial charge < -0.3 is 4.57 Å². The van der Waals surface area contributed by atoms with E-state index in [0.29, 0.717) is 34.6 Å². The van der Waals surface area contributed by atoms with Gasteiger partial charge in [-0.3, -0.25) is 4.79 Å². The Morgan fingerprint density at radius 2 is 1.92 bits per heavy atom. The summed E-state index contributed by atoms with van der Waals surface area (Å²) in [6.45, 7) is 4.23. The van der Waals surface area contributed by atoms with Crippen LogP contribution in [0.2, 0.25) is 0 Å². The first-order valence-corrected chi connectivity index (χ1v) is 8.35. The van der Waals surface area contributed by atoms with Crippen molar-refractivity contribution in [3.05, 3.63) is 64.1 Å². The fourth-order valence-corrected chi connectivity index (χ4v) is 3.31. The molecule has 26 heavy (non-hydrogen) atoms. The van der Waals surface area contributed by atoms with Crippen LogP contribution in [0, 0.1) is 18.6 Å². The molecule has 4 rings (SSSR count). The van der Waals surface area contributed by atoms with Crippen molar-refractivity contribution in [2.75, 3.05) is 0 Å². The van der Waals surface area contributed by atoms with E-state index in [2.05, 4.69) is 10.1 Å². The first-order chi connectivity index (χ1) is 12.5. The Kier molecular flexibility index (Phi) is 3.79. The molecular weight excluding hydrogens is 338 g/mol. The minimum absolute atomic E-state index is 0.147. The first kappa shape index (κ1) is 16.4. The van der Waals surface area contributed by atoms with Crippen molar-refractivity contribution < 1.29 is 8.78 Å². The molecule has 0 unspecified atom stereocenters. The summed E-state index contributed by atoms with van der Waals surface area (Å²) >= 11 is 0. The molecule has 3 aromatic heterocycles. The lowest BCUT2D eigenvalue weighted by Gasteiger charge is -2.14. The second kappa shape index (κ2) is 6.01. The topological polar surface area (TPSA) is 52.7 Å². The standard InChI is InChI=1S/C19H16F2N4O/c1-3-8-24-15-10-14(21)13(20)9-12(15)18(26)17-11(2)23-25(19(17)24)16-6-4-5-7-22-16/h4-7,9-10H,3,8H2,1-2H3. The molecule has 0 aliphatic rings. The Labute approximate surface area is 147 Å². The van der Waals surface area contributed by atoms with Crippen LogP contribution >= 0.6 is 0 Å². The predicted octanol–water partition coefficient (Wildman–Crippen LogP) is 3.73. The zero-order valence-electron chi connectivity index (χ0n) is 14.3. The number of benzene rings is 1. The van der Waals surface area contributed by atoms with Crippen LogP contribution in [-0.4, -0.2) is 19.3 Å². The van der Waals surface area contributed by atoms with Gasteiger partial charge in [0, 0.05) is 24.2 Å². The van der Waals surface area contributed by atoms with Gasteiger partial charge in [-0.1, -0.05) is 13.0 Å². The largest absolute Gasteiger partial charge is 0.325 e. The number of aromatic nitrogens is 4. The number of fused-ring (bicyclic) bond motifs is 2. The molecule has 0 radical (unpaired) electrons. The molecule has 0 amide bonds. The maximum absolute atomic E-state index is 13.9. The normalized spacial score (nSPS) is 11.5. The molecule has 0 atom stereocenters. The number of rotatable bonds is 3. The SMILES string of the molecule is CCCn1c2cc(F)c(F)cc2c(=O)c2c(C)nn(-c3ccccn3)c21. The number of hydrogen-bond donors (Lipinski definition) is 0. The molecule has 0 aliphatic carbocycles. The Balaban J connectivity index is 2.25. The quantitative estimate of drug-likeness (QED) is 0.563. The molecule has 0 N–H and O–H groups in total. The molecule has 0 saturated carbocycles. The van der Waals surface area contributed by atoms with E-state index in [1.807, 2.05) is 17.6 Å². The Morgan fingerprint density at radius 1 is 1.15 bits per heavy atom. The maximum atomic E-state index is 13.9. The fourth-order valence-electron chi connectivity index (χ4n) is 3.31. The lowest BCUT2D eigenvalue weighted by atomic mass is 10.1. The van der Waals surface area contributed by atoms with Crippen LogP contribution < -0.4 is 5.43 Å². The molecule has 0 aliphatic heterocycles. The molecule has 4 aromatic rings. The van der Waals surface area contributed by atoms with Gasteiger partial charge in [-0.05, 0) is 31.5 Å². The van der Waals surface area contributed by atoms with Crippen LogP contribution in [0.1, 0.15) is 19.0 Å². The van der Waals surface area contributed by atoms with Crippen molar-refractivity contribution in [3.63, 3.8) is 0 Å². The summed E-state index contributed by atoms with van der Waals surface area (Å²) in [5.74, 6) is -1.47. The number of pyridine rings is 2. The maximum Gasteiger partial charge on any atom is 0.200 e. The Morgan fingerprint density at radius 3 is 2.62 bits per heavy atom. The van der Waals surface area contributed by atoms with E-state index in [0.717, 1.165) is 18.6 Å². The highest BCUT2D eigenvalue weighted by Crippen LogP contribution is 2.25. The van der Waals surface area contributed by atoms with E-state index < -0.39 is 11.6 Å². The number of aryl methyl sites for hydroxylation is 2. The van der Waals surface area contributed by atoms with Gasteiger partial charge >= 0.3 is 0 Å². The minimum Gasteiger partial charge on any atom is -0.325 e. The summed E-state index contributed by atoms with van der Waals surface area (Å²) in [6.07, 6.45) is 2.38. The van der Waals surface area contributed by atoms with E-state index in [-0.39, 0.29) is 10.8 Å². The summed E-state index contributed by atoms with van der Waals surface area (Å²) in [6, 6.07) is 7.43. The van der Waals surface area contributed by atoms with Crippen molar-refractivity contribution in [1.82, 2.24) is 19.3 Å². The van der Waals surface area contributed by atoms with Crippen molar-refractivity contribution in [1.29, 1.82) is 0 Å². The molecule has 0 saturated heterocycles. The van der Waals surface area contributed by atoms with Crippen molar-refractivity contribution in [2.24, 2.45) is 0 Å². The summed E-state index contributed by atoms with van der Waals surface area (Å²) < 4.78 is 31.1. The van der Waals surface area contributed by atoms with Gasteiger partial charge in [0.05, 0.1) is 16.6 Å². The van der Waals surface area contributed by atoms with Crippen molar-refractivity contribution in [2.45, 2.75) is 26.8 Å². The van der Waals surface area contributed by atoms with E-state index in [4.69, 9.17) is 0 Å². The van der Waals surface area contributed by atoms with Gasteiger partial charge in [0.2, 0.25) is 5.43 Å². The Bertz CT molecular complexity index is 1200. The average Bonchev–Trinajstić information content (AvgIpc) is 2.98. The lowest BCUT2D eigenvalue weighted by molar-refractivity contribution is 0.510. The van der Waals surface area contributed by atoms with Crippen LogP contribution in [-0.2, 0) is 6.54 Å². The zero-order chi connectivity index (χ0) is 18.4. The van der Waals surface area contributed by atoms with Gasteiger partial charge in [0.1, 0.15) is 5.65 Å². The third kappa shape index (κ3) is 2.31. The van der Waals surface area contributed by atoms with E-state index >= 15 is 0 Å². The molecule has 7 heteroatoms. The van der Waals surface area contributed by atoms with Crippen LogP contribution in [0.4, 0.5) is 8.78 Å². The molecule has 3 heterocycles. The van der Waals surface area contributed by atoms with Gasteiger partial charge in [-0.2, -0.15) is 9.78 Å². The molecule has 0 bridgehead atoms. The second-order valence-electron chi connectivity index (χ2n) is 6.15. The van der Waals surface area contributed by atoms with E-state index in [1.54, 1.807) is 29.9 Å². The predicted molar refractivity (Wildman–Crippen MR) is 95.6 cm³/mol. The fraction of sp³-hybridized carbons (Fsp3) is 0.211. The minimum atomic E-state index is -1.04. The summed E-state index contributed by atoms with van der Waals surface area (Å²) in [5.41, 5.74) is 1.04. The monoisotopic (exact) mass is 354 g/mol. The third-order valence-electron chi connectivity index (χ3n) is 4.41. The van der Waals surface area contributed by atoms with Gasteiger partial charge in [0.15, 0.2) is 17.5 Å². The summed E-state index contributed by atoms with van der Waals surface area (Å²) in [7, 11) is 0. The summed E-state index contributed by atoms with van der Waals surface area (Å²) in [5, 5.41) is 5.02. The smallest absolute Gasteiger partial charge is 0.200 e. The highest BCUT2D eigenvalue weighted by Gasteiger charge is 2.21. The van der Waals surface area contributed by atoms with Crippen LogP contribution in [0.25, 0.3) is 27.8 Å². The number of halogens is 2. The van der Waals surface area contributed by atoms with Gasteiger partial charge in [-0.15, -0.1) is 0 Å². The first-order valence-electron chi connectivity index (χ1n) is 8.35. The van der Waals surface area contributed by atoms with E-state index in [1.165, 1.54) is 0 Å². The molecule has 132 valence electrons. The van der Waals surface area contributed by atoms with Crippen molar-refractivity contribution in [3.8, 4) is 5.82 Å². The second-order valence-corrected chi connectivity index (χ2v) is 6.15. The average molecular weight is 354 g/mol. The highest BCUT2D eigenvalue weighted by molar-refractivity contribution is 5.94. The highest BCUT2D eigenvalue weighted by atomic mass is 19.2. The molecule has 1 aromatic carbocycles. The van der Waals surface area contributed by atoms with Gasteiger partial charge in [0.25, 0.3) is 0 Å². The molecule has 0 spiro atoms.